The third kappa shape index (κ3) is 2.58. The van der Waals surface area contributed by atoms with Crippen LogP contribution in [0, 0.1) is 5.82 Å². The molecule has 0 aliphatic carbocycles. The lowest BCUT2D eigenvalue weighted by Crippen LogP contribution is -1.99. The first-order valence-electron chi connectivity index (χ1n) is 7.62. The Morgan fingerprint density at radius 2 is 1.58 bits per heavy atom. The zero-order valence-corrected chi connectivity index (χ0v) is 12.8. The molecule has 0 amide bonds. The van der Waals surface area contributed by atoms with Crippen LogP contribution in [0.3, 0.4) is 0 Å². The van der Waals surface area contributed by atoms with Gasteiger partial charge in [-0.1, -0.05) is 42.5 Å². The van der Waals surface area contributed by atoms with Crippen LogP contribution in [0.2, 0.25) is 0 Å². The lowest BCUT2D eigenvalue weighted by atomic mass is 10.1. The van der Waals surface area contributed by atoms with Crippen LogP contribution in [0.5, 0.6) is 0 Å². The van der Waals surface area contributed by atoms with E-state index in [9.17, 15) is 4.39 Å². The maximum absolute atomic E-state index is 13.2. The first kappa shape index (κ1) is 14.3. The molecule has 116 valence electrons. The van der Waals surface area contributed by atoms with Gasteiger partial charge in [0.15, 0.2) is 0 Å². The third-order valence-electron chi connectivity index (χ3n) is 3.89. The number of imidazole rings is 1. The van der Waals surface area contributed by atoms with Crippen molar-refractivity contribution in [1.29, 1.82) is 0 Å². The Morgan fingerprint density at radius 3 is 2.38 bits per heavy atom. The lowest BCUT2D eigenvalue weighted by Gasteiger charge is -2.13. The molecule has 2 heterocycles. The van der Waals surface area contributed by atoms with Crippen LogP contribution in [0.25, 0.3) is 28.2 Å². The Morgan fingerprint density at radius 1 is 0.792 bits per heavy atom. The van der Waals surface area contributed by atoms with Gasteiger partial charge in [-0.3, -0.25) is 9.55 Å². The Hall–Kier alpha value is -3.27. The van der Waals surface area contributed by atoms with Crippen LogP contribution >= 0.6 is 0 Å². The number of nitrogens with zero attached hydrogens (tertiary/aromatic N) is 3. The molecular weight excluding hydrogens is 301 g/mol. The second kappa shape index (κ2) is 6.08. The van der Waals surface area contributed by atoms with E-state index in [1.165, 1.54) is 12.1 Å². The minimum Gasteiger partial charge on any atom is -0.298 e. The maximum Gasteiger partial charge on any atom is 0.144 e. The summed E-state index contributed by atoms with van der Waals surface area (Å²) in [6, 6.07) is 18.4. The molecule has 0 spiro atoms. The van der Waals surface area contributed by atoms with Gasteiger partial charge in [-0.05, 0) is 23.8 Å². The van der Waals surface area contributed by atoms with Crippen molar-refractivity contribution >= 4 is 0 Å². The predicted octanol–water partition coefficient (Wildman–Crippen LogP) is 4.74. The molecule has 0 aliphatic rings. The molecular formula is C20H14FN3. The van der Waals surface area contributed by atoms with Crippen molar-refractivity contribution in [2.75, 3.05) is 0 Å². The summed E-state index contributed by atoms with van der Waals surface area (Å²) in [5.74, 6) is 0.592. The molecule has 0 saturated heterocycles. The normalized spacial score (nSPS) is 10.7. The SMILES string of the molecule is Fc1ccc(-c2ccncc2-n2ccnc2-c2ccccc2)cc1. The molecule has 0 atom stereocenters. The van der Waals surface area contributed by atoms with E-state index >= 15 is 0 Å². The van der Waals surface area contributed by atoms with Gasteiger partial charge in [0.05, 0.1) is 11.9 Å². The molecule has 4 aromatic rings. The number of benzene rings is 2. The highest BCUT2D eigenvalue weighted by Gasteiger charge is 2.12. The lowest BCUT2D eigenvalue weighted by molar-refractivity contribution is 0.628. The Kier molecular flexibility index (Phi) is 3.63. The van der Waals surface area contributed by atoms with Crippen LogP contribution in [-0.4, -0.2) is 14.5 Å². The van der Waals surface area contributed by atoms with Gasteiger partial charge in [0.25, 0.3) is 0 Å². The minimum absolute atomic E-state index is 0.248. The first-order chi connectivity index (χ1) is 11.8. The highest BCUT2D eigenvalue weighted by Crippen LogP contribution is 2.29. The van der Waals surface area contributed by atoms with Crippen LogP contribution in [0.4, 0.5) is 4.39 Å². The second-order valence-electron chi connectivity index (χ2n) is 5.39. The van der Waals surface area contributed by atoms with E-state index < -0.39 is 0 Å². The van der Waals surface area contributed by atoms with Gasteiger partial charge in [-0.2, -0.15) is 0 Å². The van der Waals surface area contributed by atoms with Gasteiger partial charge in [0.2, 0.25) is 0 Å². The van der Waals surface area contributed by atoms with Gasteiger partial charge in [0, 0.05) is 29.7 Å². The quantitative estimate of drug-likeness (QED) is 0.546. The molecule has 0 radical (unpaired) electrons. The van der Waals surface area contributed by atoms with Crippen molar-refractivity contribution in [2.24, 2.45) is 0 Å². The molecule has 0 unspecified atom stereocenters. The van der Waals surface area contributed by atoms with E-state index in [-0.39, 0.29) is 5.82 Å². The molecule has 0 saturated carbocycles. The van der Waals surface area contributed by atoms with Crippen molar-refractivity contribution in [3.63, 3.8) is 0 Å². The highest BCUT2D eigenvalue weighted by molar-refractivity contribution is 5.74. The summed E-state index contributed by atoms with van der Waals surface area (Å²) < 4.78 is 15.2. The molecule has 3 nitrogen and oxygen atoms in total. The topological polar surface area (TPSA) is 30.7 Å². The number of aromatic nitrogens is 3. The molecule has 4 rings (SSSR count). The van der Waals surface area contributed by atoms with Crippen molar-refractivity contribution in [3.8, 4) is 28.2 Å². The highest BCUT2D eigenvalue weighted by atomic mass is 19.1. The molecule has 0 N–H and O–H groups in total. The molecule has 0 bridgehead atoms. The van der Waals surface area contributed by atoms with E-state index in [0.29, 0.717) is 0 Å². The van der Waals surface area contributed by atoms with E-state index in [0.717, 1.165) is 28.2 Å². The fraction of sp³-hybridized carbons (Fsp3) is 0. The molecule has 24 heavy (non-hydrogen) atoms. The van der Waals surface area contributed by atoms with Gasteiger partial charge < -0.3 is 0 Å². The largest absolute Gasteiger partial charge is 0.298 e. The van der Waals surface area contributed by atoms with Gasteiger partial charge in [-0.25, -0.2) is 9.37 Å². The summed E-state index contributed by atoms with van der Waals surface area (Å²) in [6.07, 6.45) is 7.21. The molecule has 0 fully saturated rings. The van der Waals surface area contributed by atoms with E-state index in [1.807, 2.05) is 47.2 Å². The van der Waals surface area contributed by atoms with Crippen LogP contribution in [0.15, 0.2) is 85.5 Å². The number of rotatable bonds is 3. The average molecular weight is 315 g/mol. The number of hydrogen-bond acceptors (Lipinski definition) is 2. The summed E-state index contributed by atoms with van der Waals surface area (Å²) in [7, 11) is 0. The monoisotopic (exact) mass is 315 g/mol. The summed E-state index contributed by atoms with van der Waals surface area (Å²) in [4.78, 5) is 8.74. The molecule has 2 aromatic carbocycles. The predicted molar refractivity (Wildman–Crippen MR) is 92.2 cm³/mol. The molecule has 2 aromatic heterocycles. The number of halogens is 1. The Bertz CT molecular complexity index is 960. The van der Waals surface area contributed by atoms with Gasteiger partial charge in [-0.15, -0.1) is 0 Å². The fourth-order valence-electron chi connectivity index (χ4n) is 2.75. The Labute approximate surface area is 139 Å². The van der Waals surface area contributed by atoms with Crippen molar-refractivity contribution in [2.45, 2.75) is 0 Å². The van der Waals surface area contributed by atoms with E-state index in [2.05, 4.69) is 9.97 Å². The van der Waals surface area contributed by atoms with E-state index in [4.69, 9.17) is 0 Å². The molecule has 4 heteroatoms. The van der Waals surface area contributed by atoms with Gasteiger partial charge in [0.1, 0.15) is 11.6 Å². The Balaban J connectivity index is 1.88. The minimum atomic E-state index is -0.248. The standard InChI is InChI=1S/C20H14FN3/c21-17-8-6-15(7-9-17)18-10-11-22-14-19(18)24-13-12-23-20(24)16-4-2-1-3-5-16/h1-14H. The van der Waals surface area contributed by atoms with Crippen LogP contribution < -0.4 is 0 Å². The van der Waals surface area contributed by atoms with Crippen molar-refractivity contribution in [3.05, 3.63) is 91.3 Å². The zero-order valence-electron chi connectivity index (χ0n) is 12.8. The van der Waals surface area contributed by atoms with Gasteiger partial charge >= 0.3 is 0 Å². The summed E-state index contributed by atoms with van der Waals surface area (Å²) in [5.41, 5.74) is 3.83. The zero-order chi connectivity index (χ0) is 16.4. The summed E-state index contributed by atoms with van der Waals surface area (Å²) >= 11 is 0. The van der Waals surface area contributed by atoms with Crippen molar-refractivity contribution < 1.29 is 4.39 Å². The fourth-order valence-corrected chi connectivity index (χ4v) is 2.75. The summed E-state index contributed by atoms with van der Waals surface area (Å²) in [6.45, 7) is 0. The number of pyridine rings is 1. The maximum atomic E-state index is 13.2. The van der Waals surface area contributed by atoms with E-state index in [1.54, 1.807) is 30.7 Å². The van der Waals surface area contributed by atoms with Crippen molar-refractivity contribution in [1.82, 2.24) is 14.5 Å². The smallest absolute Gasteiger partial charge is 0.144 e. The number of hydrogen-bond donors (Lipinski definition) is 0. The third-order valence-corrected chi connectivity index (χ3v) is 3.89. The average Bonchev–Trinajstić information content (AvgIpc) is 3.13. The van der Waals surface area contributed by atoms with Crippen LogP contribution in [0.1, 0.15) is 0 Å². The first-order valence-corrected chi connectivity index (χ1v) is 7.62. The van der Waals surface area contributed by atoms with Crippen LogP contribution in [-0.2, 0) is 0 Å². The molecule has 0 aliphatic heterocycles. The summed E-state index contributed by atoms with van der Waals surface area (Å²) in [5, 5.41) is 0. The second-order valence-corrected chi connectivity index (χ2v) is 5.39.